The first-order valence-corrected chi connectivity index (χ1v) is 16.2. The number of nitrogens with zero attached hydrogens (tertiary/aromatic N) is 1. The molecule has 5 nitrogen and oxygen atoms in total. The lowest BCUT2D eigenvalue weighted by Crippen LogP contribution is -2.19. The molecule has 0 bridgehead atoms. The Morgan fingerprint density at radius 3 is 1.45 bits per heavy atom. The summed E-state index contributed by atoms with van der Waals surface area (Å²) in [5.74, 6) is -1.32. The number of benzene rings is 1. The molecule has 5 heteroatoms. The van der Waals surface area contributed by atoms with Crippen LogP contribution in [0.15, 0.2) is 29.8 Å². The number of carbonyl (C=O) groups is 2. The molecule has 0 atom stereocenters. The van der Waals surface area contributed by atoms with E-state index >= 15 is 0 Å². The highest BCUT2D eigenvalue weighted by Gasteiger charge is 2.21. The minimum absolute atomic E-state index is 0.116. The first-order valence-electron chi connectivity index (χ1n) is 16.2. The SMILES string of the molecule is CCCCCCCCCCCCOC(=O)C(=Cc1cccc(C#N)c1)C(=O)OCCCCCCCCCCCC. The van der Waals surface area contributed by atoms with Crippen LogP contribution in [0.1, 0.15) is 153 Å². The molecule has 1 aromatic rings. The van der Waals surface area contributed by atoms with E-state index in [2.05, 4.69) is 19.9 Å². The third-order valence-electron chi connectivity index (χ3n) is 7.23. The summed E-state index contributed by atoms with van der Waals surface area (Å²) in [6, 6.07) is 8.90. The smallest absolute Gasteiger partial charge is 0.345 e. The normalized spacial score (nSPS) is 10.6. The van der Waals surface area contributed by atoms with E-state index in [9.17, 15) is 14.9 Å². The molecule has 0 aliphatic heterocycles. The molecule has 1 rings (SSSR count). The molecule has 0 saturated carbocycles. The topological polar surface area (TPSA) is 76.4 Å². The zero-order valence-electron chi connectivity index (χ0n) is 25.5. The fourth-order valence-corrected chi connectivity index (χ4v) is 4.73. The second-order valence-corrected chi connectivity index (χ2v) is 10.9. The van der Waals surface area contributed by atoms with Crippen LogP contribution in [0.4, 0.5) is 0 Å². The quantitative estimate of drug-likeness (QED) is 0.0396. The van der Waals surface area contributed by atoms with E-state index in [0.717, 1.165) is 38.5 Å². The van der Waals surface area contributed by atoms with Crippen molar-refractivity contribution in [2.75, 3.05) is 13.2 Å². The summed E-state index contributed by atoms with van der Waals surface area (Å²) in [6.07, 6.45) is 25.4. The molecule has 40 heavy (non-hydrogen) atoms. The molecule has 0 amide bonds. The minimum atomic E-state index is -0.661. The van der Waals surface area contributed by atoms with Gasteiger partial charge in [0, 0.05) is 0 Å². The fraction of sp³-hybridized carbons (Fsp3) is 0.686. The van der Waals surface area contributed by atoms with E-state index in [4.69, 9.17) is 9.47 Å². The molecule has 0 aliphatic carbocycles. The van der Waals surface area contributed by atoms with Gasteiger partial charge in [-0.2, -0.15) is 5.26 Å². The standard InChI is InChI=1S/C35H55NO4/c1-3-5-7-9-11-13-15-17-19-21-26-39-34(37)33(29-31-24-23-25-32(28-31)30-36)35(38)40-27-22-20-18-16-14-12-10-8-6-4-2/h23-25,28-29H,3-22,26-27H2,1-2H3. The Morgan fingerprint density at radius 1 is 0.650 bits per heavy atom. The summed E-state index contributed by atoms with van der Waals surface area (Å²) >= 11 is 0. The Bertz CT molecular complexity index is 830. The predicted octanol–water partition coefficient (Wildman–Crippen LogP) is 9.87. The molecule has 0 radical (unpaired) electrons. The summed E-state index contributed by atoms with van der Waals surface area (Å²) in [4.78, 5) is 25.7. The molecule has 1 aromatic carbocycles. The van der Waals surface area contributed by atoms with Gasteiger partial charge in [-0.3, -0.25) is 0 Å². The Morgan fingerprint density at radius 2 is 1.05 bits per heavy atom. The molecule has 0 fully saturated rings. The lowest BCUT2D eigenvalue weighted by molar-refractivity contribution is -0.147. The van der Waals surface area contributed by atoms with Crippen molar-refractivity contribution in [3.8, 4) is 6.07 Å². The van der Waals surface area contributed by atoms with Gasteiger partial charge in [0.25, 0.3) is 0 Å². The summed E-state index contributed by atoms with van der Waals surface area (Å²) in [5, 5.41) is 9.20. The Labute approximate surface area is 244 Å². The van der Waals surface area contributed by atoms with Gasteiger partial charge >= 0.3 is 11.9 Å². The number of rotatable bonds is 25. The Kier molecular flexibility index (Phi) is 22.5. The van der Waals surface area contributed by atoms with Crippen LogP contribution in [-0.2, 0) is 19.1 Å². The zero-order chi connectivity index (χ0) is 29.1. The van der Waals surface area contributed by atoms with Crippen LogP contribution in [0.2, 0.25) is 0 Å². The van der Waals surface area contributed by atoms with Crippen molar-refractivity contribution in [1.29, 1.82) is 5.26 Å². The van der Waals surface area contributed by atoms with Crippen LogP contribution in [0.5, 0.6) is 0 Å². The number of ether oxygens (including phenoxy) is 2. The number of nitriles is 1. The Hall–Kier alpha value is -2.61. The average molecular weight is 554 g/mol. The lowest BCUT2D eigenvalue weighted by Gasteiger charge is -2.10. The van der Waals surface area contributed by atoms with Crippen LogP contribution in [0.25, 0.3) is 6.08 Å². The van der Waals surface area contributed by atoms with Crippen molar-refractivity contribution in [3.63, 3.8) is 0 Å². The lowest BCUT2D eigenvalue weighted by atomic mass is 10.1. The average Bonchev–Trinajstić information content (AvgIpc) is 2.97. The molecule has 224 valence electrons. The molecule has 0 aromatic heterocycles. The van der Waals surface area contributed by atoms with Gasteiger partial charge < -0.3 is 9.47 Å². The van der Waals surface area contributed by atoms with Crippen molar-refractivity contribution >= 4 is 18.0 Å². The fourth-order valence-electron chi connectivity index (χ4n) is 4.73. The molecule has 0 heterocycles. The van der Waals surface area contributed by atoms with Gasteiger partial charge in [0.1, 0.15) is 5.57 Å². The van der Waals surface area contributed by atoms with Gasteiger partial charge in [-0.05, 0) is 36.6 Å². The summed E-state index contributed by atoms with van der Waals surface area (Å²) in [6.45, 7) is 5.05. The van der Waals surface area contributed by atoms with Gasteiger partial charge in [-0.1, -0.05) is 142 Å². The molecule has 0 spiro atoms. The predicted molar refractivity (Wildman–Crippen MR) is 165 cm³/mol. The van der Waals surface area contributed by atoms with Gasteiger partial charge in [0.15, 0.2) is 0 Å². The molecule has 0 aliphatic rings. The van der Waals surface area contributed by atoms with E-state index in [1.165, 1.54) is 96.0 Å². The maximum Gasteiger partial charge on any atom is 0.345 e. The molecular formula is C35H55NO4. The molecule has 0 N–H and O–H groups in total. The maximum atomic E-state index is 12.8. The molecule has 0 unspecified atom stereocenters. The van der Waals surface area contributed by atoms with Crippen LogP contribution in [0.3, 0.4) is 0 Å². The van der Waals surface area contributed by atoms with E-state index in [0.29, 0.717) is 11.1 Å². The Balaban J connectivity index is 2.43. The first kappa shape index (κ1) is 35.4. The van der Waals surface area contributed by atoms with Gasteiger partial charge in [0.05, 0.1) is 24.8 Å². The van der Waals surface area contributed by atoms with Crippen molar-refractivity contribution in [1.82, 2.24) is 0 Å². The number of carbonyl (C=O) groups excluding carboxylic acids is 2. The van der Waals surface area contributed by atoms with Gasteiger partial charge in [-0.15, -0.1) is 0 Å². The van der Waals surface area contributed by atoms with Crippen LogP contribution < -0.4 is 0 Å². The zero-order valence-corrected chi connectivity index (χ0v) is 25.5. The summed E-state index contributed by atoms with van der Waals surface area (Å²) in [7, 11) is 0. The van der Waals surface area contributed by atoms with Crippen LogP contribution in [-0.4, -0.2) is 25.2 Å². The summed E-state index contributed by atoms with van der Waals surface area (Å²) < 4.78 is 10.9. The van der Waals surface area contributed by atoms with Crippen LogP contribution >= 0.6 is 0 Å². The second-order valence-electron chi connectivity index (χ2n) is 10.9. The number of unbranched alkanes of at least 4 members (excludes halogenated alkanes) is 18. The van der Waals surface area contributed by atoms with Crippen molar-refractivity contribution in [2.45, 2.75) is 142 Å². The largest absolute Gasteiger partial charge is 0.462 e. The molecule has 0 saturated heterocycles. The van der Waals surface area contributed by atoms with E-state index < -0.39 is 11.9 Å². The van der Waals surface area contributed by atoms with Crippen molar-refractivity contribution in [2.24, 2.45) is 0 Å². The van der Waals surface area contributed by atoms with Gasteiger partial charge in [0.2, 0.25) is 0 Å². The highest BCUT2D eigenvalue weighted by atomic mass is 16.6. The van der Waals surface area contributed by atoms with Crippen molar-refractivity contribution in [3.05, 3.63) is 41.0 Å². The van der Waals surface area contributed by atoms with Gasteiger partial charge in [-0.25, -0.2) is 9.59 Å². The minimum Gasteiger partial charge on any atom is -0.462 e. The third-order valence-corrected chi connectivity index (χ3v) is 7.23. The highest BCUT2D eigenvalue weighted by Crippen LogP contribution is 2.15. The van der Waals surface area contributed by atoms with E-state index in [-0.39, 0.29) is 18.8 Å². The number of esters is 2. The number of hydrogen-bond acceptors (Lipinski definition) is 5. The summed E-state index contributed by atoms with van der Waals surface area (Å²) in [5.41, 5.74) is 0.945. The van der Waals surface area contributed by atoms with E-state index in [1.807, 2.05) is 0 Å². The second kappa shape index (κ2) is 25.4. The van der Waals surface area contributed by atoms with E-state index in [1.54, 1.807) is 24.3 Å². The van der Waals surface area contributed by atoms with Crippen molar-refractivity contribution < 1.29 is 19.1 Å². The highest BCUT2D eigenvalue weighted by molar-refractivity contribution is 6.17. The number of hydrogen-bond donors (Lipinski definition) is 0. The maximum absolute atomic E-state index is 12.8. The van der Waals surface area contributed by atoms with Crippen LogP contribution in [0, 0.1) is 11.3 Å². The molecular weight excluding hydrogens is 498 g/mol. The first-order chi connectivity index (χ1) is 19.6. The third kappa shape index (κ3) is 18.6. The monoisotopic (exact) mass is 553 g/mol.